The van der Waals surface area contributed by atoms with E-state index in [1.165, 1.54) is 27.8 Å². The normalized spacial score (nSPS) is 10.7. The number of ether oxygens (including phenoxy) is 5. The Balaban J connectivity index is 0.000000274. The number of hydrogen-bond donors (Lipinski definition) is 3. The Morgan fingerprint density at radius 3 is 1.57 bits per heavy atom. The van der Waals surface area contributed by atoms with Crippen LogP contribution in [0.15, 0.2) is 146 Å². The number of hydrogen-bond acceptors (Lipinski definition) is 9. The Labute approximate surface area is 385 Å². The van der Waals surface area contributed by atoms with Crippen molar-refractivity contribution in [1.82, 2.24) is 0 Å². The van der Waals surface area contributed by atoms with Gasteiger partial charge in [0.2, 0.25) is 0 Å². The second-order valence-electron chi connectivity index (χ2n) is 13.3. The smallest absolute Gasteiger partial charge is 0.489 e. The number of rotatable bonds is 15. The Hall–Kier alpha value is -6.25. The molecule has 0 aliphatic rings. The maximum absolute atomic E-state index is 12.6. The first-order valence-corrected chi connectivity index (χ1v) is 20.2. The largest absolute Gasteiger partial charge is 0.573 e. The van der Waals surface area contributed by atoms with Crippen LogP contribution in [0.3, 0.4) is 0 Å². The minimum atomic E-state index is -4.84. The van der Waals surface area contributed by atoms with Crippen molar-refractivity contribution in [3.8, 4) is 34.1 Å². The molecule has 0 aromatic heterocycles. The topological polar surface area (TPSA) is 141 Å². The van der Waals surface area contributed by atoms with Crippen molar-refractivity contribution in [3.05, 3.63) is 171 Å². The molecule has 6 aromatic rings. The molecular weight excluding hydrogens is 976 g/mol. The molecule has 0 saturated carbocycles. The van der Waals surface area contributed by atoms with Crippen LogP contribution >= 0.6 is 22.6 Å². The maximum Gasteiger partial charge on any atom is 0.573 e. The first kappa shape index (κ1) is 53.1. The van der Waals surface area contributed by atoms with Crippen LogP contribution in [0.4, 0.5) is 26.3 Å². The molecule has 0 fully saturated rings. The molecule has 3 N–H and O–H groups in total. The molecule has 6 rings (SSSR count). The summed E-state index contributed by atoms with van der Waals surface area (Å²) in [5.41, 5.74) is 4.02. The van der Waals surface area contributed by atoms with Gasteiger partial charge < -0.3 is 38.8 Å². The molecule has 0 heterocycles. The van der Waals surface area contributed by atoms with E-state index >= 15 is 0 Å². The summed E-state index contributed by atoms with van der Waals surface area (Å²) in [5.74, 6) is -0.627. The number of alkyl halides is 6. The molecule has 0 aliphatic heterocycles. The average Bonchev–Trinajstić information content (AvgIpc) is 3.23. The van der Waals surface area contributed by atoms with Gasteiger partial charge in [-0.3, -0.25) is 9.59 Å². The van der Waals surface area contributed by atoms with E-state index in [1.807, 2.05) is 61.5 Å². The Bertz CT molecular complexity index is 2400. The van der Waals surface area contributed by atoms with Gasteiger partial charge >= 0.3 is 31.8 Å². The molecule has 0 atom stereocenters. The van der Waals surface area contributed by atoms with Gasteiger partial charge in [-0.15, -0.1) is 26.3 Å². The van der Waals surface area contributed by atoms with E-state index in [4.69, 9.17) is 29.4 Å². The molecule has 0 bridgehead atoms. The van der Waals surface area contributed by atoms with Crippen molar-refractivity contribution in [2.75, 3.05) is 6.61 Å². The fourth-order valence-electron chi connectivity index (χ4n) is 5.64. The molecule has 18 heteroatoms. The highest BCUT2D eigenvalue weighted by Gasteiger charge is 2.33. The maximum atomic E-state index is 12.6. The average molecular weight is 1020 g/mol. The second-order valence-corrected chi connectivity index (χ2v) is 14.5. The van der Waals surface area contributed by atoms with Crippen LogP contribution in [-0.2, 0) is 40.4 Å². The van der Waals surface area contributed by atoms with Crippen LogP contribution in [0, 0.1) is 3.57 Å². The summed E-state index contributed by atoms with van der Waals surface area (Å²) in [6.07, 6.45) is -9.38. The van der Waals surface area contributed by atoms with Gasteiger partial charge in [-0.2, -0.15) is 0 Å². The highest BCUT2D eigenvalue weighted by Crippen LogP contribution is 2.34. The number of benzene rings is 6. The lowest BCUT2D eigenvalue weighted by Crippen LogP contribution is -2.33. The minimum absolute atomic E-state index is 0. The molecular formula is C47H44BF6IO10. The zero-order valence-electron chi connectivity index (χ0n) is 33.8. The summed E-state index contributed by atoms with van der Waals surface area (Å²) in [6, 6.07) is 40.1. The van der Waals surface area contributed by atoms with E-state index in [1.54, 1.807) is 54.6 Å². The third-order valence-electron chi connectivity index (χ3n) is 8.32. The van der Waals surface area contributed by atoms with Crippen molar-refractivity contribution in [3.63, 3.8) is 0 Å². The monoisotopic (exact) mass is 1020 g/mol. The van der Waals surface area contributed by atoms with Gasteiger partial charge in [-0.25, -0.2) is 0 Å². The van der Waals surface area contributed by atoms with Crippen LogP contribution in [0.1, 0.15) is 36.6 Å². The van der Waals surface area contributed by atoms with Crippen LogP contribution in [0.5, 0.6) is 23.0 Å². The van der Waals surface area contributed by atoms with E-state index in [0.29, 0.717) is 42.1 Å². The van der Waals surface area contributed by atoms with Gasteiger partial charge in [0.15, 0.2) is 0 Å². The molecule has 6 aromatic carbocycles. The van der Waals surface area contributed by atoms with E-state index in [0.717, 1.165) is 34.6 Å². The lowest BCUT2D eigenvalue weighted by atomic mass is 9.80. The molecule has 0 saturated heterocycles. The minimum Gasteiger partial charge on any atom is -0.489 e. The number of carbonyl (C=O) groups is 2. The molecule has 0 aliphatic carbocycles. The molecule has 10 nitrogen and oxygen atoms in total. The van der Waals surface area contributed by atoms with E-state index < -0.39 is 31.6 Å². The number of carboxylic acid groups (broad SMARTS) is 1. The van der Waals surface area contributed by atoms with Crippen LogP contribution in [0.25, 0.3) is 11.1 Å². The van der Waals surface area contributed by atoms with Crippen LogP contribution in [-0.4, -0.2) is 53.5 Å². The predicted octanol–water partition coefficient (Wildman–Crippen LogP) is 10.3. The van der Waals surface area contributed by atoms with Gasteiger partial charge in [0.25, 0.3) is 0 Å². The van der Waals surface area contributed by atoms with Gasteiger partial charge in [-0.1, -0.05) is 104 Å². The van der Waals surface area contributed by atoms with E-state index in [9.17, 15) is 35.9 Å². The summed E-state index contributed by atoms with van der Waals surface area (Å²) in [4.78, 5) is 22.3. The summed E-state index contributed by atoms with van der Waals surface area (Å²) in [5, 5.41) is 26.3. The van der Waals surface area contributed by atoms with Crippen molar-refractivity contribution in [2.24, 2.45) is 0 Å². The number of para-hydroxylation sites is 2. The fourth-order valence-corrected chi connectivity index (χ4v) is 6.00. The Kier molecular flexibility index (Phi) is 21.2. The fraction of sp³-hybridized carbons (Fsp3) is 0.191. The molecule has 344 valence electrons. The number of carbonyl (C=O) groups excluding carboxylic acids is 1. The van der Waals surface area contributed by atoms with Crippen molar-refractivity contribution >= 4 is 47.1 Å². The SMILES string of the molecule is C.CCOC(=O)Cc1cccc(COc2ccc(I)cc2)c1.O=C(O)Cc1cccc(COc2ccc(-c3ccccc3OC(F)(F)F)cc2)c1.OB(O)c1ccccc1OC(F)(F)F. The zero-order valence-corrected chi connectivity index (χ0v) is 36.0. The molecule has 0 radical (unpaired) electrons. The zero-order chi connectivity index (χ0) is 46.7. The summed E-state index contributed by atoms with van der Waals surface area (Å²) in [7, 11) is -1.99. The van der Waals surface area contributed by atoms with E-state index in [2.05, 4.69) is 32.1 Å². The third kappa shape index (κ3) is 20.0. The third-order valence-corrected chi connectivity index (χ3v) is 9.04. The summed E-state index contributed by atoms with van der Waals surface area (Å²) >= 11 is 2.26. The van der Waals surface area contributed by atoms with Gasteiger partial charge in [0.05, 0.1) is 19.4 Å². The summed E-state index contributed by atoms with van der Waals surface area (Å²) < 4.78 is 98.4. The molecule has 65 heavy (non-hydrogen) atoms. The number of esters is 1. The predicted molar refractivity (Wildman–Crippen MR) is 241 cm³/mol. The van der Waals surface area contributed by atoms with Crippen molar-refractivity contribution < 1.29 is 74.8 Å². The number of carboxylic acids is 1. The quantitative estimate of drug-likeness (QED) is 0.0394. The lowest BCUT2D eigenvalue weighted by molar-refractivity contribution is -0.275. The standard InChI is InChI=1S/C22H17F3O4.C17H17IO3.C7H6BF3O3.CH4/c23-22(24,25)29-20-7-2-1-6-19(20)17-8-10-18(11-9-17)28-14-16-5-3-4-15(12-16)13-21(26)27;1-2-20-17(19)11-13-4-3-5-14(10-13)12-21-16-8-6-15(18)7-9-16;9-7(10,11)14-6-4-2-1-3-5(6)8(12)13;/h1-12H,13-14H2,(H,26,27);3-10H,2,11-12H2,1H3;1-4,12-13H;1H4. The summed E-state index contributed by atoms with van der Waals surface area (Å²) in [6.45, 7) is 2.94. The number of aliphatic carboxylic acids is 1. The Morgan fingerprint density at radius 1 is 0.600 bits per heavy atom. The van der Waals surface area contributed by atoms with Gasteiger partial charge in [0.1, 0.15) is 36.2 Å². The van der Waals surface area contributed by atoms with Crippen LogP contribution in [0.2, 0.25) is 0 Å². The Morgan fingerprint density at radius 2 is 1.06 bits per heavy atom. The van der Waals surface area contributed by atoms with Crippen molar-refractivity contribution in [2.45, 2.75) is 53.1 Å². The van der Waals surface area contributed by atoms with E-state index in [-0.39, 0.29) is 37.6 Å². The first-order valence-electron chi connectivity index (χ1n) is 19.1. The van der Waals surface area contributed by atoms with Crippen LogP contribution < -0.4 is 24.4 Å². The number of halogens is 7. The molecule has 0 spiro atoms. The highest BCUT2D eigenvalue weighted by atomic mass is 127. The lowest BCUT2D eigenvalue weighted by Gasteiger charge is -2.14. The molecule has 0 unspecified atom stereocenters. The highest BCUT2D eigenvalue weighted by molar-refractivity contribution is 14.1. The van der Waals surface area contributed by atoms with Gasteiger partial charge in [0, 0.05) is 14.6 Å². The second kappa shape index (κ2) is 25.9. The van der Waals surface area contributed by atoms with Crippen molar-refractivity contribution in [1.29, 1.82) is 0 Å². The van der Waals surface area contributed by atoms with Gasteiger partial charge in [-0.05, 0) is 106 Å². The first-order chi connectivity index (χ1) is 30.4. The molecule has 0 amide bonds.